The Kier molecular flexibility index (Phi) is 2.31. The summed E-state index contributed by atoms with van der Waals surface area (Å²) in [5.74, 6) is 0.811. The highest BCUT2D eigenvalue weighted by Gasteiger charge is 2.28. The molecule has 5 nitrogen and oxygen atoms in total. The van der Waals surface area contributed by atoms with Crippen LogP contribution >= 0.6 is 0 Å². The fraction of sp³-hybridized carbons (Fsp3) is 0.308. The van der Waals surface area contributed by atoms with Crippen molar-refractivity contribution in [3.63, 3.8) is 0 Å². The second-order valence-electron chi connectivity index (χ2n) is 4.30. The number of aliphatic hydroxyl groups excluding tert-OH is 1. The van der Waals surface area contributed by atoms with Crippen molar-refractivity contribution in [1.82, 2.24) is 0 Å². The third-order valence-corrected chi connectivity index (χ3v) is 3.08. The van der Waals surface area contributed by atoms with Gasteiger partial charge in [0.1, 0.15) is 0 Å². The molecule has 94 valence electrons. The lowest BCUT2D eigenvalue weighted by molar-refractivity contribution is 0.000819. The Hall–Kier alpha value is -2.01. The van der Waals surface area contributed by atoms with Gasteiger partial charge in [-0.2, -0.15) is 0 Å². The molecule has 0 amide bonds. The van der Waals surface area contributed by atoms with Gasteiger partial charge in [0.25, 0.3) is 0 Å². The lowest BCUT2D eigenvalue weighted by Gasteiger charge is -2.10. The van der Waals surface area contributed by atoms with E-state index in [0.29, 0.717) is 23.5 Å². The largest absolute Gasteiger partial charge is 0.490 e. The first-order valence-corrected chi connectivity index (χ1v) is 5.59. The number of aryl methyl sites for hydroxylation is 1. The third-order valence-electron chi connectivity index (χ3n) is 3.08. The second-order valence-corrected chi connectivity index (χ2v) is 4.30. The van der Waals surface area contributed by atoms with Crippen LogP contribution in [0.4, 0.5) is 0 Å². The van der Waals surface area contributed by atoms with E-state index in [1.807, 2.05) is 13.0 Å². The van der Waals surface area contributed by atoms with E-state index in [4.69, 9.17) is 13.9 Å². The van der Waals surface area contributed by atoms with E-state index in [1.165, 1.54) is 13.2 Å². The zero-order valence-corrected chi connectivity index (χ0v) is 10.0. The number of benzene rings is 1. The molecule has 5 heteroatoms. The molecule has 0 saturated carbocycles. The first kappa shape index (κ1) is 11.1. The molecule has 0 saturated heterocycles. The number of methoxy groups -OCH3 is 1. The van der Waals surface area contributed by atoms with Gasteiger partial charge in [-0.3, -0.25) is 0 Å². The maximum atomic E-state index is 11.4. The minimum absolute atomic E-state index is 0.357. The van der Waals surface area contributed by atoms with Crippen LogP contribution in [0.3, 0.4) is 0 Å². The SMILES string of the molecule is COc1c2c(cc3c(C)cc(=O)oc13)CC(O)O2. The first-order chi connectivity index (χ1) is 8.60. The summed E-state index contributed by atoms with van der Waals surface area (Å²) in [6.45, 7) is 1.83. The van der Waals surface area contributed by atoms with Crippen LogP contribution in [0.1, 0.15) is 11.1 Å². The molecule has 1 aliphatic rings. The summed E-state index contributed by atoms with van der Waals surface area (Å²) in [6, 6.07) is 3.29. The number of fused-ring (bicyclic) bond motifs is 2. The van der Waals surface area contributed by atoms with Crippen LogP contribution in [-0.4, -0.2) is 18.5 Å². The quantitative estimate of drug-likeness (QED) is 0.772. The number of aliphatic hydroxyl groups is 1. The highest BCUT2D eigenvalue weighted by atomic mass is 16.6. The van der Waals surface area contributed by atoms with Crippen LogP contribution in [0.2, 0.25) is 0 Å². The van der Waals surface area contributed by atoms with E-state index < -0.39 is 11.9 Å². The number of ether oxygens (including phenoxy) is 2. The summed E-state index contributed by atoms with van der Waals surface area (Å²) >= 11 is 0. The van der Waals surface area contributed by atoms with Crippen molar-refractivity contribution >= 4 is 11.0 Å². The van der Waals surface area contributed by atoms with Gasteiger partial charge in [0, 0.05) is 23.4 Å². The van der Waals surface area contributed by atoms with Gasteiger partial charge in [0.15, 0.2) is 11.3 Å². The Bertz CT molecular complexity index is 686. The lowest BCUT2D eigenvalue weighted by atomic mass is 10.0. The smallest absolute Gasteiger partial charge is 0.336 e. The Morgan fingerprint density at radius 2 is 2.22 bits per heavy atom. The molecule has 2 heterocycles. The minimum atomic E-state index is -0.877. The van der Waals surface area contributed by atoms with Crippen LogP contribution in [-0.2, 0) is 6.42 Å². The van der Waals surface area contributed by atoms with Crippen molar-refractivity contribution in [1.29, 1.82) is 0 Å². The molecule has 3 rings (SSSR count). The van der Waals surface area contributed by atoms with E-state index in [0.717, 1.165) is 16.5 Å². The normalized spacial score (nSPS) is 17.6. The Labute approximate surface area is 103 Å². The molecule has 1 atom stereocenters. The van der Waals surface area contributed by atoms with Crippen LogP contribution in [0.5, 0.6) is 11.5 Å². The number of hydrogen-bond donors (Lipinski definition) is 1. The maximum Gasteiger partial charge on any atom is 0.336 e. The van der Waals surface area contributed by atoms with Crippen LogP contribution in [0, 0.1) is 6.92 Å². The van der Waals surface area contributed by atoms with E-state index >= 15 is 0 Å². The molecular weight excluding hydrogens is 236 g/mol. The number of hydrogen-bond acceptors (Lipinski definition) is 5. The van der Waals surface area contributed by atoms with Gasteiger partial charge in [-0.25, -0.2) is 4.79 Å². The highest BCUT2D eigenvalue weighted by molar-refractivity contribution is 5.89. The molecular formula is C13H12O5. The molecule has 18 heavy (non-hydrogen) atoms. The third kappa shape index (κ3) is 1.48. The predicted octanol–water partition coefficient (Wildman–Crippen LogP) is 1.36. The lowest BCUT2D eigenvalue weighted by Crippen LogP contribution is -2.10. The summed E-state index contributed by atoms with van der Waals surface area (Å²) in [5, 5.41) is 10.3. The molecule has 1 aliphatic heterocycles. The Morgan fingerprint density at radius 1 is 1.44 bits per heavy atom. The van der Waals surface area contributed by atoms with E-state index in [9.17, 15) is 9.90 Å². The van der Waals surface area contributed by atoms with Crippen molar-refractivity contribution in [3.8, 4) is 11.5 Å². The molecule has 1 N–H and O–H groups in total. The van der Waals surface area contributed by atoms with Crippen molar-refractivity contribution in [2.75, 3.05) is 7.11 Å². The fourth-order valence-electron chi connectivity index (χ4n) is 2.29. The van der Waals surface area contributed by atoms with Crippen molar-refractivity contribution in [3.05, 3.63) is 33.7 Å². The Morgan fingerprint density at radius 3 is 2.94 bits per heavy atom. The molecule has 2 aromatic rings. The minimum Gasteiger partial charge on any atom is -0.490 e. The molecule has 0 spiro atoms. The molecule has 1 aromatic carbocycles. The maximum absolute atomic E-state index is 11.4. The van der Waals surface area contributed by atoms with Gasteiger partial charge in [-0.05, 0) is 18.6 Å². The zero-order valence-electron chi connectivity index (χ0n) is 10.0. The predicted molar refractivity (Wildman–Crippen MR) is 64.1 cm³/mol. The Balaban J connectivity index is 2.43. The van der Waals surface area contributed by atoms with E-state index in [1.54, 1.807) is 0 Å². The monoisotopic (exact) mass is 248 g/mol. The summed E-state index contributed by atoms with van der Waals surface area (Å²) in [7, 11) is 1.48. The standard InChI is InChI=1S/C13H12O5/c1-6-3-9(14)18-12-8(6)4-7-5-10(15)17-11(7)13(12)16-2/h3-4,10,15H,5H2,1-2H3. The average molecular weight is 248 g/mol. The van der Waals surface area contributed by atoms with Crippen molar-refractivity contribution in [2.24, 2.45) is 0 Å². The van der Waals surface area contributed by atoms with Crippen molar-refractivity contribution in [2.45, 2.75) is 19.6 Å². The van der Waals surface area contributed by atoms with Crippen LogP contribution in [0.15, 0.2) is 21.3 Å². The van der Waals surface area contributed by atoms with Gasteiger partial charge in [-0.1, -0.05) is 0 Å². The first-order valence-electron chi connectivity index (χ1n) is 5.59. The topological polar surface area (TPSA) is 68.9 Å². The summed E-state index contributed by atoms with van der Waals surface area (Å²) in [6.07, 6.45) is -0.474. The van der Waals surface area contributed by atoms with Crippen LogP contribution in [0.25, 0.3) is 11.0 Å². The highest BCUT2D eigenvalue weighted by Crippen LogP contribution is 2.43. The van der Waals surface area contributed by atoms with Gasteiger partial charge >= 0.3 is 5.63 Å². The molecule has 0 radical (unpaired) electrons. The van der Waals surface area contributed by atoms with Crippen LogP contribution < -0.4 is 15.1 Å². The average Bonchev–Trinajstić information content (AvgIpc) is 2.66. The molecule has 0 aliphatic carbocycles. The van der Waals surface area contributed by atoms with Gasteiger partial charge in [-0.15, -0.1) is 0 Å². The number of rotatable bonds is 1. The van der Waals surface area contributed by atoms with Gasteiger partial charge < -0.3 is 19.0 Å². The molecule has 1 aromatic heterocycles. The fourth-order valence-corrected chi connectivity index (χ4v) is 2.29. The summed E-state index contributed by atoms with van der Waals surface area (Å²) < 4.78 is 15.7. The van der Waals surface area contributed by atoms with Gasteiger partial charge in [0.2, 0.25) is 12.0 Å². The van der Waals surface area contributed by atoms with Crippen molar-refractivity contribution < 1.29 is 19.0 Å². The van der Waals surface area contributed by atoms with E-state index in [2.05, 4.69) is 0 Å². The zero-order chi connectivity index (χ0) is 12.9. The molecule has 1 unspecified atom stereocenters. The summed E-state index contributed by atoms with van der Waals surface area (Å²) in [4.78, 5) is 11.4. The second kappa shape index (κ2) is 3.74. The van der Waals surface area contributed by atoms with Gasteiger partial charge in [0.05, 0.1) is 7.11 Å². The van der Waals surface area contributed by atoms with E-state index in [-0.39, 0.29) is 0 Å². The molecule has 0 fully saturated rings. The summed E-state index contributed by atoms with van der Waals surface area (Å²) in [5.41, 5.74) is 1.58. The molecule has 0 bridgehead atoms.